The molecule has 26 heavy (non-hydrogen) atoms. The molecule has 2 N–H and O–H groups in total. The zero-order valence-corrected chi connectivity index (χ0v) is 15.0. The topological polar surface area (TPSA) is 92.3 Å². The third-order valence-electron chi connectivity index (χ3n) is 3.40. The second-order valence-electron chi connectivity index (χ2n) is 5.12. The van der Waals surface area contributed by atoms with Crippen LogP contribution < -0.4 is 15.7 Å². The fraction of sp³-hybridized carbons (Fsp3) is 0.0588. The summed E-state index contributed by atoms with van der Waals surface area (Å²) in [5.41, 5.74) is 3.69. The van der Waals surface area contributed by atoms with E-state index in [2.05, 4.69) is 25.7 Å². The quantitative estimate of drug-likeness (QED) is 0.513. The molecular weight excluding hydrogens is 377 g/mol. The number of anilines is 1. The Hall–Kier alpha value is -2.90. The van der Waals surface area contributed by atoms with Gasteiger partial charge in [-0.25, -0.2) is 5.43 Å². The molecule has 3 rings (SSSR count). The number of aromatic amines is 1. The maximum atomic E-state index is 12.2. The molecule has 1 aromatic heterocycles. The first-order chi connectivity index (χ1) is 12.6. The molecule has 0 saturated heterocycles. The summed E-state index contributed by atoms with van der Waals surface area (Å²) in [5, 5.41) is 12.8. The molecule has 1 heterocycles. The van der Waals surface area contributed by atoms with Gasteiger partial charge in [0.25, 0.3) is 5.56 Å². The molecule has 7 nitrogen and oxygen atoms in total. The number of hydrazone groups is 1. The number of nitrogens with one attached hydrogen (secondary N) is 2. The first-order valence-corrected chi connectivity index (χ1v) is 8.18. The molecule has 0 amide bonds. The Labute approximate surface area is 158 Å². The van der Waals surface area contributed by atoms with Crippen molar-refractivity contribution in [1.82, 2.24) is 15.2 Å². The summed E-state index contributed by atoms with van der Waals surface area (Å²) in [6.07, 6.45) is 1.48. The number of halogens is 2. The zero-order chi connectivity index (χ0) is 18.5. The van der Waals surface area contributed by atoms with Gasteiger partial charge in [-0.15, -0.1) is 10.2 Å². The molecule has 0 aliphatic heterocycles. The van der Waals surface area contributed by atoms with Gasteiger partial charge in [0.2, 0.25) is 5.95 Å². The van der Waals surface area contributed by atoms with Gasteiger partial charge in [0, 0.05) is 16.1 Å². The van der Waals surface area contributed by atoms with Crippen LogP contribution in [-0.4, -0.2) is 28.5 Å². The van der Waals surface area contributed by atoms with Gasteiger partial charge in [-0.1, -0.05) is 29.3 Å². The molecule has 0 fully saturated rings. The smallest absolute Gasteiger partial charge is 0.279 e. The van der Waals surface area contributed by atoms with E-state index in [1.807, 2.05) is 0 Å². The summed E-state index contributed by atoms with van der Waals surface area (Å²) in [6.45, 7) is 0. The van der Waals surface area contributed by atoms with Crippen molar-refractivity contribution >= 4 is 35.4 Å². The van der Waals surface area contributed by atoms with Gasteiger partial charge in [0.1, 0.15) is 5.75 Å². The first-order valence-electron chi connectivity index (χ1n) is 7.42. The van der Waals surface area contributed by atoms with Crippen molar-refractivity contribution in [2.24, 2.45) is 5.10 Å². The van der Waals surface area contributed by atoms with Crippen molar-refractivity contribution in [1.29, 1.82) is 0 Å². The summed E-state index contributed by atoms with van der Waals surface area (Å²) < 4.78 is 5.09. The van der Waals surface area contributed by atoms with Crippen LogP contribution in [0.4, 0.5) is 5.95 Å². The number of hydrogen-bond donors (Lipinski definition) is 2. The van der Waals surface area contributed by atoms with Crippen LogP contribution in [0.3, 0.4) is 0 Å². The summed E-state index contributed by atoms with van der Waals surface area (Å²) in [6, 6.07) is 12.0. The van der Waals surface area contributed by atoms with Crippen LogP contribution in [0, 0.1) is 0 Å². The minimum atomic E-state index is -0.396. The standard InChI is InChI=1S/C17H13Cl2N5O2/c1-26-13-6-3-10(4-7-13)15-16(25)21-17(24-22-15)23-20-9-11-2-5-12(18)8-14(11)19/h2-9H,1H3,(H2,21,23,24,25)/b20-9+. The monoisotopic (exact) mass is 389 g/mol. The molecule has 0 unspecified atom stereocenters. The third kappa shape index (κ3) is 4.19. The molecule has 2 aromatic carbocycles. The molecule has 0 spiro atoms. The molecule has 0 bridgehead atoms. The largest absolute Gasteiger partial charge is 0.497 e. The highest BCUT2D eigenvalue weighted by atomic mass is 35.5. The van der Waals surface area contributed by atoms with Gasteiger partial charge in [0.15, 0.2) is 5.69 Å². The summed E-state index contributed by atoms with van der Waals surface area (Å²) in [7, 11) is 1.57. The van der Waals surface area contributed by atoms with Crippen molar-refractivity contribution in [2.75, 3.05) is 12.5 Å². The lowest BCUT2D eigenvalue weighted by Crippen LogP contribution is -2.15. The van der Waals surface area contributed by atoms with Gasteiger partial charge in [-0.3, -0.25) is 9.78 Å². The van der Waals surface area contributed by atoms with E-state index in [1.165, 1.54) is 6.21 Å². The van der Waals surface area contributed by atoms with Crippen molar-refractivity contribution in [3.63, 3.8) is 0 Å². The zero-order valence-electron chi connectivity index (χ0n) is 13.5. The maximum absolute atomic E-state index is 12.2. The lowest BCUT2D eigenvalue weighted by atomic mass is 10.1. The lowest BCUT2D eigenvalue weighted by Gasteiger charge is -2.03. The number of nitrogens with zero attached hydrogens (tertiary/aromatic N) is 3. The SMILES string of the molecule is COc1ccc(-c2nnc(N/N=C/c3ccc(Cl)cc3Cl)[nH]c2=O)cc1. The van der Waals surface area contributed by atoms with Crippen LogP contribution in [0.15, 0.2) is 52.4 Å². The van der Waals surface area contributed by atoms with Gasteiger partial charge >= 0.3 is 0 Å². The van der Waals surface area contributed by atoms with Crippen molar-refractivity contribution in [3.05, 3.63) is 68.4 Å². The molecule has 3 aromatic rings. The highest BCUT2D eigenvalue weighted by Gasteiger charge is 2.07. The van der Waals surface area contributed by atoms with E-state index in [0.717, 1.165) is 0 Å². The summed E-state index contributed by atoms with van der Waals surface area (Å²) >= 11 is 11.9. The molecule has 0 aliphatic carbocycles. The fourth-order valence-corrected chi connectivity index (χ4v) is 2.55. The molecular formula is C17H13Cl2N5O2. The number of methoxy groups -OCH3 is 1. The van der Waals surface area contributed by atoms with Crippen molar-refractivity contribution < 1.29 is 4.74 Å². The average molecular weight is 390 g/mol. The number of hydrogen-bond acceptors (Lipinski definition) is 6. The molecule has 0 saturated carbocycles. The van der Waals surface area contributed by atoms with Crippen LogP contribution >= 0.6 is 23.2 Å². The van der Waals surface area contributed by atoms with Crippen LogP contribution in [0.2, 0.25) is 10.0 Å². The van der Waals surface area contributed by atoms with Crippen LogP contribution in [0.1, 0.15) is 5.56 Å². The van der Waals surface area contributed by atoms with Crippen LogP contribution in [-0.2, 0) is 0 Å². The lowest BCUT2D eigenvalue weighted by molar-refractivity contribution is 0.415. The highest BCUT2D eigenvalue weighted by Crippen LogP contribution is 2.19. The molecule has 9 heteroatoms. The minimum absolute atomic E-state index is 0.105. The second-order valence-corrected chi connectivity index (χ2v) is 5.96. The number of benzene rings is 2. The van der Waals surface area contributed by atoms with Crippen LogP contribution in [0.5, 0.6) is 5.75 Å². The van der Waals surface area contributed by atoms with Gasteiger partial charge < -0.3 is 4.74 Å². The molecule has 0 radical (unpaired) electrons. The summed E-state index contributed by atoms with van der Waals surface area (Å²) in [4.78, 5) is 14.8. The Balaban J connectivity index is 1.74. The van der Waals surface area contributed by atoms with E-state index < -0.39 is 5.56 Å². The Kier molecular flexibility index (Phi) is 5.50. The predicted molar refractivity (Wildman–Crippen MR) is 102 cm³/mol. The van der Waals surface area contributed by atoms with Gasteiger partial charge in [-0.05, 0) is 36.4 Å². The third-order valence-corrected chi connectivity index (χ3v) is 3.96. The van der Waals surface area contributed by atoms with E-state index >= 15 is 0 Å². The van der Waals surface area contributed by atoms with E-state index in [0.29, 0.717) is 26.9 Å². The fourth-order valence-electron chi connectivity index (χ4n) is 2.09. The van der Waals surface area contributed by atoms with Gasteiger partial charge in [0.05, 0.1) is 18.3 Å². The number of ether oxygens (including phenoxy) is 1. The maximum Gasteiger partial charge on any atom is 0.279 e. The van der Waals surface area contributed by atoms with E-state index in [1.54, 1.807) is 49.6 Å². The highest BCUT2D eigenvalue weighted by molar-refractivity contribution is 6.36. The Morgan fingerprint density at radius 2 is 1.92 bits per heavy atom. The van der Waals surface area contributed by atoms with Crippen molar-refractivity contribution in [2.45, 2.75) is 0 Å². The molecule has 132 valence electrons. The number of rotatable bonds is 5. The van der Waals surface area contributed by atoms with Crippen molar-refractivity contribution in [3.8, 4) is 17.0 Å². The number of aromatic nitrogens is 3. The van der Waals surface area contributed by atoms with E-state index in [-0.39, 0.29) is 11.6 Å². The molecule has 0 atom stereocenters. The normalized spacial score (nSPS) is 10.9. The first kappa shape index (κ1) is 17.9. The Bertz CT molecular complexity index is 1000. The Morgan fingerprint density at radius 3 is 2.58 bits per heavy atom. The van der Waals surface area contributed by atoms with E-state index in [4.69, 9.17) is 27.9 Å². The predicted octanol–water partition coefficient (Wildman–Crippen LogP) is 3.59. The minimum Gasteiger partial charge on any atom is -0.497 e. The average Bonchev–Trinajstić information content (AvgIpc) is 2.64. The van der Waals surface area contributed by atoms with Crippen LogP contribution in [0.25, 0.3) is 11.3 Å². The second kappa shape index (κ2) is 7.99. The Morgan fingerprint density at radius 1 is 1.15 bits per heavy atom. The van der Waals surface area contributed by atoms with Gasteiger partial charge in [-0.2, -0.15) is 5.10 Å². The van der Waals surface area contributed by atoms with E-state index in [9.17, 15) is 4.79 Å². The number of H-pyrrole nitrogens is 1. The molecule has 0 aliphatic rings. The summed E-state index contributed by atoms with van der Waals surface area (Å²) in [5.74, 6) is 0.792.